The van der Waals surface area contributed by atoms with Gasteiger partial charge in [-0.15, -0.1) is 0 Å². The van der Waals surface area contributed by atoms with Gasteiger partial charge >= 0.3 is 5.97 Å². The molecule has 6 heteroatoms. The van der Waals surface area contributed by atoms with E-state index >= 15 is 0 Å². The molecular weight excluding hydrogens is 338 g/mol. The van der Waals surface area contributed by atoms with Gasteiger partial charge < -0.3 is 9.52 Å². The number of rotatable bonds is 3. The van der Waals surface area contributed by atoms with Crippen LogP contribution in [0.4, 0.5) is 4.39 Å². The summed E-state index contributed by atoms with van der Waals surface area (Å²) < 4.78 is 19.9. The van der Waals surface area contributed by atoms with Crippen LogP contribution in [-0.4, -0.2) is 11.1 Å². The van der Waals surface area contributed by atoms with Crippen LogP contribution in [0.1, 0.15) is 30.0 Å². The Kier molecular flexibility index (Phi) is 3.87. The standard InChI is InChI=1S/C13H11BrClFO3/c1-5(2)3-6-9-10(16)8(15)4-7(14)12(9)19-11(6)13(17)18/h4-5H,3H2,1-2H3,(H,17,18). The second-order valence-corrected chi connectivity index (χ2v) is 5.93. The van der Waals surface area contributed by atoms with Gasteiger partial charge in [0.25, 0.3) is 0 Å². The fourth-order valence-corrected chi connectivity index (χ4v) is 2.84. The minimum Gasteiger partial charge on any atom is -0.475 e. The van der Waals surface area contributed by atoms with Gasteiger partial charge in [0.15, 0.2) is 11.4 Å². The monoisotopic (exact) mass is 348 g/mol. The highest BCUT2D eigenvalue weighted by molar-refractivity contribution is 9.10. The number of fused-ring (bicyclic) bond motifs is 1. The maximum absolute atomic E-state index is 14.2. The lowest BCUT2D eigenvalue weighted by atomic mass is 9.99. The fourth-order valence-electron chi connectivity index (χ4n) is 2.00. The van der Waals surface area contributed by atoms with Crippen molar-refractivity contribution in [1.82, 2.24) is 0 Å². The minimum atomic E-state index is -1.21. The number of aromatic carboxylic acids is 1. The molecule has 0 fully saturated rings. The van der Waals surface area contributed by atoms with Crippen molar-refractivity contribution in [3.05, 3.63) is 32.7 Å². The van der Waals surface area contributed by atoms with E-state index in [1.54, 1.807) is 0 Å². The van der Waals surface area contributed by atoms with Crippen LogP contribution in [0.25, 0.3) is 11.0 Å². The molecule has 0 bridgehead atoms. The maximum Gasteiger partial charge on any atom is 0.372 e. The molecule has 0 saturated carbocycles. The third kappa shape index (κ3) is 2.49. The van der Waals surface area contributed by atoms with Gasteiger partial charge in [-0.25, -0.2) is 9.18 Å². The average molecular weight is 350 g/mol. The highest BCUT2D eigenvalue weighted by Gasteiger charge is 2.25. The van der Waals surface area contributed by atoms with Crippen molar-refractivity contribution in [2.24, 2.45) is 5.92 Å². The first kappa shape index (κ1) is 14.3. The number of carboxylic acid groups (broad SMARTS) is 1. The molecule has 1 aromatic carbocycles. The minimum absolute atomic E-state index is 0.0675. The van der Waals surface area contributed by atoms with Crippen LogP contribution < -0.4 is 0 Å². The third-order valence-corrected chi connectivity index (χ3v) is 3.58. The Morgan fingerprint density at radius 3 is 2.74 bits per heavy atom. The first-order valence-electron chi connectivity index (χ1n) is 5.65. The number of hydrogen-bond donors (Lipinski definition) is 1. The van der Waals surface area contributed by atoms with Gasteiger partial charge in [0.2, 0.25) is 5.76 Å². The van der Waals surface area contributed by atoms with Crippen molar-refractivity contribution in [2.45, 2.75) is 20.3 Å². The largest absolute Gasteiger partial charge is 0.475 e. The molecule has 0 amide bonds. The Bertz CT molecular complexity index is 664. The molecule has 0 aliphatic rings. The molecule has 0 saturated heterocycles. The molecule has 0 aliphatic heterocycles. The number of hydrogen-bond acceptors (Lipinski definition) is 2. The molecule has 102 valence electrons. The van der Waals surface area contributed by atoms with Crippen LogP contribution in [0, 0.1) is 11.7 Å². The van der Waals surface area contributed by atoms with Crippen LogP contribution in [0.3, 0.4) is 0 Å². The Morgan fingerprint density at radius 2 is 2.21 bits per heavy atom. The van der Waals surface area contributed by atoms with E-state index in [0.717, 1.165) is 0 Å². The predicted octanol–water partition coefficient (Wildman–Crippen LogP) is 4.88. The molecule has 0 atom stereocenters. The van der Waals surface area contributed by atoms with Gasteiger partial charge in [0, 0.05) is 5.56 Å². The number of benzene rings is 1. The second-order valence-electron chi connectivity index (χ2n) is 4.67. The molecule has 0 unspecified atom stereocenters. The van der Waals surface area contributed by atoms with Gasteiger partial charge in [-0.2, -0.15) is 0 Å². The topological polar surface area (TPSA) is 50.4 Å². The Labute approximate surface area is 122 Å². The van der Waals surface area contributed by atoms with Gasteiger partial charge in [-0.1, -0.05) is 25.4 Å². The van der Waals surface area contributed by atoms with E-state index in [2.05, 4.69) is 15.9 Å². The molecule has 1 N–H and O–H groups in total. The SMILES string of the molecule is CC(C)Cc1c(C(=O)O)oc2c(Br)cc(Cl)c(F)c12. The predicted molar refractivity (Wildman–Crippen MR) is 74.4 cm³/mol. The Hall–Kier alpha value is -1.07. The zero-order valence-electron chi connectivity index (χ0n) is 10.3. The van der Waals surface area contributed by atoms with Crippen molar-refractivity contribution in [3.63, 3.8) is 0 Å². The van der Waals surface area contributed by atoms with Crippen LogP contribution in [0.5, 0.6) is 0 Å². The highest BCUT2D eigenvalue weighted by Crippen LogP contribution is 2.38. The number of furan rings is 1. The van der Waals surface area contributed by atoms with E-state index in [0.29, 0.717) is 16.5 Å². The summed E-state index contributed by atoms with van der Waals surface area (Å²) in [7, 11) is 0. The molecule has 2 aromatic rings. The lowest BCUT2D eigenvalue weighted by Crippen LogP contribution is -2.03. The van der Waals surface area contributed by atoms with Gasteiger partial charge in [-0.05, 0) is 34.3 Å². The Balaban J connectivity index is 2.87. The van der Waals surface area contributed by atoms with Crippen molar-refractivity contribution < 1.29 is 18.7 Å². The lowest BCUT2D eigenvalue weighted by Gasteiger charge is -2.05. The maximum atomic E-state index is 14.2. The summed E-state index contributed by atoms with van der Waals surface area (Å²) in [4.78, 5) is 11.2. The molecular formula is C13H11BrClFO3. The number of carboxylic acids is 1. The summed E-state index contributed by atoms with van der Waals surface area (Å²) in [5.74, 6) is -1.93. The van der Waals surface area contributed by atoms with E-state index in [4.69, 9.17) is 21.1 Å². The van der Waals surface area contributed by atoms with Gasteiger partial charge in [-0.3, -0.25) is 0 Å². The second kappa shape index (κ2) is 5.13. The molecule has 1 aromatic heterocycles. The molecule has 3 nitrogen and oxygen atoms in total. The molecule has 1 heterocycles. The van der Waals surface area contributed by atoms with E-state index in [9.17, 15) is 9.18 Å². The molecule has 0 spiro atoms. The van der Waals surface area contributed by atoms with Crippen molar-refractivity contribution in [1.29, 1.82) is 0 Å². The molecule has 19 heavy (non-hydrogen) atoms. The first-order chi connectivity index (χ1) is 8.82. The van der Waals surface area contributed by atoms with Crippen LogP contribution in [-0.2, 0) is 6.42 Å². The zero-order valence-corrected chi connectivity index (χ0v) is 12.6. The van der Waals surface area contributed by atoms with Gasteiger partial charge in [0.05, 0.1) is 14.9 Å². The smallest absolute Gasteiger partial charge is 0.372 e. The number of halogens is 3. The number of carbonyl (C=O) groups is 1. The van der Waals surface area contributed by atoms with E-state index < -0.39 is 11.8 Å². The van der Waals surface area contributed by atoms with Crippen LogP contribution in [0.2, 0.25) is 5.02 Å². The highest BCUT2D eigenvalue weighted by atomic mass is 79.9. The fraction of sp³-hybridized carbons (Fsp3) is 0.308. The van der Waals surface area contributed by atoms with Crippen molar-refractivity contribution in [2.75, 3.05) is 0 Å². The summed E-state index contributed by atoms with van der Waals surface area (Å²) in [6, 6.07) is 1.35. The van der Waals surface area contributed by atoms with Crippen molar-refractivity contribution >= 4 is 44.5 Å². The van der Waals surface area contributed by atoms with Crippen LogP contribution in [0.15, 0.2) is 15.0 Å². The van der Waals surface area contributed by atoms with Gasteiger partial charge in [0.1, 0.15) is 0 Å². The molecule has 0 radical (unpaired) electrons. The quantitative estimate of drug-likeness (QED) is 0.803. The zero-order chi connectivity index (χ0) is 14.3. The molecule has 0 aliphatic carbocycles. The van der Waals surface area contributed by atoms with E-state index in [1.807, 2.05) is 13.8 Å². The lowest BCUT2D eigenvalue weighted by molar-refractivity contribution is 0.0663. The molecule has 2 rings (SSSR count). The van der Waals surface area contributed by atoms with Crippen LogP contribution >= 0.6 is 27.5 Å². The Morgan fingerprint density at radius 1 is 1.58 bits per heavy atom. The third-order valence-electron chi connectivity index (χ3n) is 2.71. The van der Waals surface area contributed by atoms with E-state index in [1.165, 1.54) is 6.07 Å². The summed E-state index contributed by atoms with van der Waals surface area (Å²) in [6.45, 7) is 3.84. The average Bonchev–Trinajstić information content (AvgIpc) is 2.65. The normalized spacial score (nSPS) is 11.5. The van der Waals surface area contributed by atoms with Crippen molar-refractivity contribution in [3.8, 4) is 0 Å². The first-order valence-corrected chi connectivity index (χ1v) is 6.82. The summed E-state index contributed by atoms with van der Waals surface area (Å²) >= 11 is 9.00. The van der Waals surface area contributed by atoms with E-state index in [-0.39, 0.29) is 27.7 Å². The summed E-state index contributed by atoms with van der Waals surface area (Å²) in [5, 5.41) is 9.24. The summed E-state index contributed by atoms with van der Waals surface area (Å²) in [6.07, 6.45) is 0.401. The summed E-state index contributed by atoms with van der Waals surface area (Å²) in [5.41, 5.74) is 0.521.